The van der Waals surface area contributed by atoms with Crippen molar-refractivity contribution in [1.82, 2.24) is 29.7 Å². The third-order valence-electron chi connectivity index (χ3n) is 5.77. The van der Waals surface area contributed by atoms with Crippen LogP contribution in [0, 0.1) is 13.0 Å². The molecule has 1 aliphatic heterocycles. The molecule has 190 valence electrons. The summed E-state index contributed by atoms with van der Waals surface area (Å²) >= 11 is 0. The van der Waals surface area contributed by atoms with E-state index < -0.39 is 35.9 Å². The van der Waals surface area contributed by atoms with Crippen LogP contribution in [0.2, 0.25) is 0 Å². The van der Waals surface area contributed by atoms with Gasteiger partial charge in [-0.1, -0.05) is 0 Å². The van der Waals surface area contributed by atoms with E-state index in [0.717, 1.165) is 0 Å². The molecule has 15 heteroatoms. The number of likely N-dealkylation sites (N-methyl/N-ethyl adjacent to an activating group) is 1. The lowest BCUT2D eigenvalue weighted by Gasteiger charge is -2.27. The molecule has 0 radical (unpaired) electrons. The van der Waals surface area contributed by atoms with Gasteiger partial charge in [-0.25, -0.2) is 14.6 Å². The number of amides is 1. The van der Waals surface area contributed by atoms with Gasteiger partial charge in [0.15, 0.2) is 22.7 Å². The molecular weight excluding hydrogens is 469 g/mol. The number of aliphatic hydroxyl groups excluding tert-OH is 1. The molecule has 3 atom stereocenters. The zero-order valence-electron chi connectivity index (χ0n) is 19.4. The molecule has 4 heterocycles. The van der Waals surface area contributed by atoms with Crippen molar-refractivity contribution in [3.63, 3.8) is 0 Å². The molecular formula is C20H26FN7O7. The van der Waals surface area contributed by atoms with Crippen molar-refractivity contribution in [3.8, 4) is 0 Å². The molecule has 1 saturated heterocycles. The normalized spacial score (nSPS) is 22.2. The van der Waals surface area contributed by atoms with Gasteiger partial charge in [0.25, 0.3) is 0 Å². The van der Waals surface area contributed by atoms with E-state index in [1.54, 1.807) is 20.9 Å². The van der Waals surface area contributed by atoms with Gasteiger partial charge in [0, 0.05) is 19.5 Å². The van der Waals surface area contributed by atoms with Crippen LogP contribution in [0.15, 0.2) is 20.0 Å². The molecule has 3 aromatic rings. The van der Waals surface area contributed by atoms with Crippen LogP contribution in [-0.2, 0) is 16.0 Å². The lowest BCUT2D eigenvalue weighted by atomic mass is 10.0. The Kier molecular flexibility index (Phi) is 6.73. The van der Waals surface area contributed by atoms with Crippen LogP contribution in [0.4, 0.5) is 15.0 Å². The van der Waals surface area contributed by atoms with Gasteiger partial charge in [-0.05, 0) is 20.9 Å². The van der Waals surface area contributed by atoms with Crippen LogP contribution in [0.3, 0.4) is 0 Å². The first-order chi connectivity index (χ1) is 16.6. The van der Waals surface area contributed by atoms with Crippen LogP contribution < -0.4 is 16.9 Å². The maximum absolute atomic E-state index is 13.6. The number of nitrogen functional groups attached to an aromatic ring is 1. The number of aromatic nitrogens is 4. The molecule has 14 nitrogen and oxygen atoms in total. The predicted molar refractivity (Wildman–Crippen MR) is 117 cm³/mol. The number of aryl methyl sites for hydroxylation is 1. The maximum atomic E-state index is 13.6. The Hall–Kier alpha value is -3.56. The number of aliphatic hydroxyl groups is 1. The van der Waals surface area contributed by atoms with Gasteiger partial charge >= 0.3 is 18.0 Å². The van der Waals surface area contributed by atoms with Crippen molar-refractivity contribution in [1.29, 1.82) is 0 Å². The summed E-state index contributed by atoms with van der Waals surface area (Å²) in [7, 11) is 1.79. The lowest BCUT2D eigenvalue weighted by molar-refractivity contribution is -0.116. The number of carbonyl (C=O) groups is 1. The number of ether oxygens (including phenoxy) is 2. The second-order valence-electron chi connectivity index (χ2n) is 8.51. The molecule has 1 amide bonds. The molecule has 0 aliphatic carbocycles. The Morgan fingerprint density at radius 1 is 1.46 bits per heavy atom. The predicted octanol–water partition coefficient (Wildman–Crippen LogP) is 0.299. The number of fused-ring (bicyclic) bond motifs is 1. The minimum atomic E-state index is -1.22. The molecule has 0 saturated carbocycles. The van der Waals surface area contributed by atoms with Crippen molar-refractivity contribution in [2.75, 3.05) is 32.5 Å². The second kappa shape index (κ2) is 9.59. The van der Waals surface area contributed by atoms with E-state index in [4.69, 9.17) is 24.0 Å². The van der Waals surface area contributed by atoms with Crippen LogP contribution in [-0.4, -0.2) is 74.1 Å². The van der Waals surface area contributed by atoms with E-state index in [-0.39, 0.29) is 36.6 Å². The number of anilines is 1. The summed E-state index contributed by atoms with van der Waals surface area (Å²) in [5, 5.41) is 13.2. The number of hydrogen-bond donors (Lipinski definition) is 3. The smallest absolute Gasteiger partial charge is 0.446 e. The van der Waals surface area contributed by atoms with Crippen molar-refractivity contribution in [2.24, 2.45) is 0 Å². The number of imidazole rings is 1. The number of halogens is 1. The Labute approximate surface area is 197 Å². The standard InChI is InChI=1S/C20H26FN7O7/c1-10-11(34-19(31)33-10)7-27(3)5-4-23-18(30)32-8-20(2)12(29)6-13(35-20)28-9-24-14-15(22)25-17(21)26-16(14)28/h9,12-13,29H,4-8H2,1-3H3,(H,23,30)(H2,22,25,26)/t12-,13+,20+/m0/s1. The summed E-state index contributed by atoms with van der Waals surface area (Å²) in [5.74, 6) is -0.0498. The van der Waals surface area contributed by atoms with Gasteiger partial charge in [0.05, 0.1) is 19.0 Å². The zero-order chi connectivity index (χ0) is 25.3. The molecule has 4 rings (SSSR count). The Morgan fingerprint density at radius 3 is 2.94 bits per heavy atom. The minimum Gasteiger partial charge on any atom is -0.446 e. The molecule has 4 N–H and O–H groups in total. The third-order valence-corrected chi connectivity index (χ3v) is 5.77. The van der Waals surface area contributed by atoms with Gasteiger partial charge in [-0.2, -0.15) is 14.4 Å². The number of nitrogens with one attached hydrogen (secondary N) is 1. The zero-order valence-corrected chi connectivity index (χ0v) is 19.4. The minimum absolute atomic E-state index is 0.109. The summed E-state index contributed by atoms with van der Waals surface area (Å²) in [5.41, 5.74) is 4.81. The quantitative estimate of drug-likeness (QED) is 0.364. The van der Waals surface area contributed by atoms with E-state index >= 15 is 0 Å². The van der Waals surface area contributed by atoms with Gasteiger partial charge < -0.3 is 34.5 Å². The first-order valence-corrected chi connectivity index (χ1v) is 10.8. The molecule has 1 aliphatic rings. The first-order valence-electron chi connectivity index (χ1n) is 10.8. The van der Waals surface area contributed by atoms with Gasteiger partial charge in [-0.15, -0.1) is 0 Å². The number of hydrogen-bond acceptors (Lipinski definition) is 12. The van der Waals surface area contributed by atoms with E-state index in [2.05, 4.69) is 20.3 Å². The lowest BCUT2D eigenvalue weighted by Crippen LogP contribution is -2.43. The SMILES string of the molecule is Cc1oc(=O)oc1CN(C)CCNC(=O)OC[C@@]1(C)O[C@@H](n2cnc3c(N)nc(F)nc32)C[C@@H]1O. The number of nitrogens with zero attached hydrogens (tertiary/aromatic N) is 5. The molecule has 0 unspecified atom stereocenters. The molecule has 1 fully saturated rings. The molecule has 0 bridgehead atoms. The molecule has 0 aromatic carbocycles. The van der Waals surface area contributed by atoms with Crippen LogP contribution in [0.5, 0.6) is 0 Å². The van der Waals surface area contributed by atoms with Crippen molar-refractivity contribution >= 4 is 23.1 Å². The topological polar surface area (TPSA) is 184 Å². The molecule has 35 heavy (non-hydrogen) atoms. The van der Waals surface area contributed by atoms with Gasteiger partial charge in [0.1, 0.15) is 24.2 Å². The van der Waals surface area contributed by atoms with Crippen molar-refractivity contribution < 1.29 is 32.6 Å². The highest BCUT2D eigenvalue weighted by atomic mass is 19.1. The Morgan fingerprint density at radius 2 is 2.23 bits per heavy atom. The van der Waals surface area contributed by atoms with E-state index in [9.17, 15) is 19.1 Å². The maximum Gasteiger partial charge on any atom is 0.519 e. The number of alkyl carbamates (subject to hydrolysis) is 1. The number of nitrogens with two attached hydrogens (primary N) is 1. The largest absolute Gasteiger partial charge is 0.519 e. The van der Waals surface area contributed by atoms with E-state index in [1.165, 1.54) is 10.9 Å². The highest BCUT2D eigenvalue weighted by molar-refractivity contribution is 5.81. The highest BCUT2D eigenvalue weighted by Gasteiger charge is 2.46. The summed E-state index contributed by atoms with van der Waals surface area (Å²) in [6, 6.07) is 0. The van der Waals surface area contributed by atoms with Gasteiger partial charge in [-0.3, -0.25) is 9.47 Å². The van der Waals surface area contributed by atoms with Crippen molar-refractivity contribution in [3.05, 3.63) is 34.5 Å². The second-order valence-corrected chi connectivity index (χ2v) is 8.51. The highest BCUT2D eigenvalue weighted by Crippen LogP contribution is 2.38. The average molecular weight is 495 g/mol. The Balaban J connectivity index is 1.27. The summed E-state index contributed by atoms with van der Waals surface area (Å²) < 4.78 is 36.1. The Bertz CT molecular complexity index is 1270. The third kappa shape index (κ3) is 5.26. The van der Waals surface area contributed by atoms with E-state index in [1.807, 2.05) is 4.90 Å². The molecule has 3 aromatic heterocycles. The first kappa shape index (κ1) is 24.6. The van der Waals surface area contributed by atoms with Crippen LogP contribution in [0.25, 0.3) is 11.2 Å². The number of carbonyl (C=O) groups excluding carboxylic acids is 1. The summed E-state index contributed by atoms with van der Waals surface area (Å²) in [6.45, 7) is 4.03. The molecule has 0 spiro atoms. The van der Waals surface area contributed by atoms with E-state index in [0.29, 0.717) is 24.6 Å². The summed E-state index contributed by atoms with van der Waals surface area (Å²) in [4.78, 5) is 36.3. The summed E-state index contributed by atoms with van der Waals surface area (Å²) in [6.07, 6.45) is -1.92. The monoisotopic (exact) mass is 495 g/mol. The number of rotatable bonds is 8. The van der Waals surface area contributed by atoms with Crippen LogP contribution in [0.1, 0.15) is 31.1 Å². The van der Waals surface area contributed by atoms with Crippen LogP contribution >= 0.6 is 0 Å². The fourth-order valence-electron chi connectivity index (χ4n) is 3.75. The van der Waals surface area contributed by atoms with Crippen molar-refractivity contribution in [2.45, 2.75) is 44.7 Å². The fraction of sp³-hybridized carbons (Fsp3) is 0.550. The van der Waals surface area contributed by atoms with Gasteiger partial charge in [0.2, 0.25) is 0 Å². The average Bonchev–Trinajstić information content (AvgIpc) is 3.42. The fourth-order valence-corrected chi connectivity index (χ4v) is 3.75.